The number of esters is 1. The fourth-order valence-corrected chi connectivity index (χ4v) is 4.15. The second-order valence-electron chi connectivity index (χ2n) is 8.17. The molecule has 1 aliphatic heterocycles. The smallest absolute Gasteiger partial charge is 0.351 e. The van der Waals surface area contributed by atoms with Crippen molar-refractivity contribution in [3.05, 3.63) is 124 Å². The molecule has 1 atom stereocenters. The second-order valence-corrected chi connectivity index (χ2v) is 8.17. The van der Waals surface area contributed by atoms with Gasteiger partial charge < -0.3 is 24.4 Å². The minimum atomic E-state index is -0.875. The molecule has 0 saturated carbocycles. The Labute approximate surface area is 211 Å². The minimum absolute atomic E-state index is 0.0592. The van der Waals surface area contributed by atoms with Gasteiger partial charge >= 0.3 is 11.6 Å². The first-order valence-electron chi connectivity index (χ1n) is 11.3. The average molecular weight is 492 g/mol. The highest BCUT2D eigenvalue weighted by Gasteiger charge is 2.31. The molecule has 8 nitrogen and oxygen atoms in total. The zero-order valence-electron chi connectivity index (χ0n) is 19.5. The molecule has 2 N–H and O–H groups in total. The van der Waals surface area contributed by atoms with Crippen LogP contribution in [0.15, 0.2) is 106 Å². The number of fused-ring (bicyclic) bond motifs is 2. The first-order chi connectivity index (χ1) is 18.0. The van der Waals surface area contributed by atoms with Crippen LogP contribution in [0.3, 0.4) is 0 Å². The molecule has 3 aromatic carbocycles. The van der Waals surface area contributed by atoms with Gasteiger partial charge in [0.25, 0.3) is 0 Å². The van der Waals surface area contributed by atoms with Crippen molar-refractivity contribution in [2.24, 2.45) is 5.73 Å². The number of ether oxygens (including phenoxy) is 3. The third kappa shape index (κ3) is 4.54. The Morgan fingerprint density at radius 2 is 1.92 bits per heavy atom. The number of hydrogen-bond donors (Lipinski definition) is 1. The van der Waals surface area contributed by atoms with E-state index in [2.05, 4.69) is 12.6 Å². The molecule has 0 amide bonds. The summed E-state index contributed by atoms with van der Waals surface area (Å²) in [7, 11) is 0. The van der Waals surface area contributed by atoms with E-state index in [0.29, 0.717) is 34.6 Å². The van der Waals surface area contributed by atoms with Gasteiger partial charge in [-0.3, -0.25) is 0 Å². The minimum Gasteiger partial charge on any atom is -0.490 e. The van der Waals surface area contributed by atoms with Crippen LogP contribution in [-0.2, 0) is 0 Å². The molecule has 5 rings (SSSR count). The molecule has 1 aromatic heterocycles. The van der Waals surface area contributed by atoms with Crippen molar-refractivity contribution < 1.29 is 23.4 Å². The van der Waals surface area contributed by atoms with E-state index < -0.39 is 17.5 Å². The summed E-state index contributed by atoms with van der Waals surface area (Å²) in [5, 5.41) is 10.4. The van der Waals surface area contributed by atoms with E-state index in [4.69, 9.17) is 24.4 Å². The van der Waals surface area contributed by atoms with Crippen molar-refractivity contribution in [2.75, 3.05) is 6.61 Å². The van der Waals surface area contributed by atoms with Crippen LogP contribution in [0.4, 0.5) is 0 Å². The monoisotopic (exact) mass is 492 g/mol. The Hall–Kier alpha value is -5.29. The molecule has 0 fully saturated rings. The van der Waals surface area contributed by atoms with E-state index in [9.17, 15) is 14.9 Å². The number of nitrogens with zero attached hydrogens (tertiary/aromatic N) is 1. The van der Waals surface area contributed by atoms with Crippen molar-refractivity contribution in [3.8, 4) is 23.3 Å². The van der Waals surface area contributed by atoms with E-state index in [0.717, 1.165) is 5.56 Å². The van der Waals surface area contributed by atoms with Gasteiger partial charge in [0.2, 0.25) is 5.88 Å². The lowest BCUT2D eigenvalue weighted by Gasteiger charge is -2.27. The molecular weight excluding hydrogens is 472 g/mol. The Morgan fingerprint density at radius 1 is 1.08 bits per heavy atom. The molecule has 2 heterocycles. The first kappa shape index (κ1) is 23.5. The number of allylic oxidation sites excluding steroid dienone is 1. The Morgan fingerprint density at radius 3 is 2.73 bits per heavy atom. The molecule has 0 saturated heterocycles. The summed E-state index contributed by atoms with van der Waals surface area (Å²) < 4.78 is 22.0. The fourth-order valence-electron chi connectivity index (χ4n) is 4.15. The van der Waals surface area contributed by atoms with E-state index in [1.54, 1.807) is 48.5 Å². The summed E-state index contributed by atoms with van der Waals surface area (Å²) in [4.78, 5) is 25.1. The molecular formula is C29H20N2O6. The molecule has 1 aliphatic rings. The standard InChI is InChI=1S/C29H20N2O6/c1-2-12-34-19-8-5-7-18(13-19)26-21-11-10-20(15-25(21)36-27(31)23(26)16-30)35-28(32)22-14-17-6-3-4-9-24(17)37-29(22)33/h2-11,13-15,26H,1,12,31H2. The highest BCUT2D eigenvalue weighted by atomic mass is 16.5. The molecule has 0 aliphatic carbocycles. The van der Waals surface area contributed by atoms with Crippen LogP contribution in [0.5, 0.6) is 17.2 Å². The van der Waals surface area contributed by atoms with Crippen LogP contribution in [-0.4, -0.2) is 12.6 Å². The van der Waals surface area contributed by atoms with Crippen LogP contribution in [0.2, 0.25) is 0 Å². The zero-order valence-corrected chi connectivity index (χ0v) is 19.5. The van der Waals surface area contributed by atoms with Crippen LogP contribution in [0, 0.1) is 11.3 Å². The third-order valence-corrected chi connectivity index (χ3v) is 5.82. The number of carbonyl (C=O) groups excluding carboxylic acids is 1. The number of hydrogen-bond acceptors (Lipinski definition) is 8. The highest BCUT2D eigenvalue weighted by Crippen LogP contribution is 2.44. The molecule has 182 valence electrons. The number of nitriles is 1. The van der Waals surface area contributed by atoms with Crippen molar-refractivity contribution in [1.29, 1.82) is 5.26 Å². The van der Waals surface area contributed by atoms with Gasteiger partial charge in [0.05, 0.1) is 5.92 Å². The topological polar surface area (TPSA) is 125 Å². The van der Waals surface area contributed by atoms with Crippen LogP contribution in [0.1, 0.15) is 27.4 Å². The molecule has 37 heavy (non-hydrogen) atoms. The highest BCUT2D eigenvalue weighted by molar-refractivity contribution is 5.94. The number of rotatable bonds is 6. The van der Waals surface area contributed by atoms with Gasteiger partial charge in [0, 0.05) is 17.0 Å². The summed E-state index contributed by atoms with van der Waals surface area (Å²) >= 11 is 0. The van der Waals surface area contributed by atoms with E-state index in [-0.39, 0.29) is 22.8 Å². The van der Waals surface area contributed by atoms with Gasteiger partial charge in [-0.1, -0.05) is 49.1 Å². The predicted molar refractivity (Wildman–Crippen MR) is 135 cm³/mol. The van der Waals surface area contributed by atoms with Crippen molar-refractivity contribution >= 4 is 16.9 Å². The van der Waals surface area contributed by atoms with Crippen LogP contribution >= 0.6 is 0 Å². The normalized spacial score (nSPS) is 14.3. The van der Waals surface area contributed by atoms with Gasteiger partial charge in [-0.2, -0.15) is 5.26 Å². The van der Waals surface area contributed by atoms with Crippen molar-refractivity contribution in [3.63, 3.8) is 0 Å². The Balaban J connectivity index is 1.48. The van der Waals surface area contributed by atoms with E-state index >= 15 is 0 Å². The summed E-state index contributed by atoms with van der Waals surface area (Å²) in [6.07, 6.45) is 1.64. The molecule has 4 aromatic rings. The SMILES string of the molecule is C=CCOc1cccc(C2C(C#N)=C(N)Oc3cc(OC(=O)c4cc5ccccc5oc4=O)ccc32)c1. The van der Waals surface area contributed by atoms with Gasteiger partial charge in [0.15, 0.2) is 0 Å². The lowest BCUT2D eigenvalue weighted by atomic mass is 9.83. The first-order valence-corrected chi connectivity index (χ1v) is 11.3. The maximum absolute atomic E-state index is 12.8. The van der Waals surface area contributed by atoms with Crippen LogP contribution in [0.25, 0.3) is 11.0 Å². The maximum atomic E-state index is 12.8. The molecule has 0 spiro atoms. The van der Waals surface area contributed by atoms with Gasteiger partial charge in [0.1, 0.15) is 46.6 Å². The molecule has 0 radical (unpaired) electrons. The van der Waals surface area contributed by atoms with Gasteiger partial charge in [-0.05, 0) is 35.9 Å². The number of benzene rings is 3. The van der Waals surface area contributed by atoms with Crippen molar-refractivity contribution in [2.45, 2.75) is 5.92 Å². The van der Waals surface area contributed by atoms with Gasteiger partial charge in [-0.25, -0.2) is 9.59 Å². The predicted octanol–water partition coefficient (Wildman–Crippen LogP) is 4.80. The molecule has 1 unspecified atom stereocenters. The number of nitrogens with two attached hydrogens (primary N) is 1. The maximum Gasteiger partial charge on any atom is 0.351 e. The van der Waals surface area contributed by atoms with E-state index in [1.165, 1.54) is 12.1 Å². The van der Waals surface area contributed by atoms with Crippen LogP contribution < -0.4 is 25.6 Å². The quantitative estimate of drug-likeness (QED) is 0.176. The second kappa shape index (κ2) is 9.76. The number of para-hydroxylation sites is 1. The van der Waals surface area contributed by atoms with Gasteiger partial charge in [-0.15, -0.1) is 0 Å². The summed E-state index contributed by atoms with van der Waals surface area (Å²) in [6, 6.07) is 22.5. The zero-order chi connectivity index (χ0) is 25.9. The lowest BCUT2D eigenvalue weighted by molar-refractivity contribution is 0.0730. The van der Waals surface area contributed by atoms with Crippen molar-refractivity contribution in [1.82, 2.24) is 0 Å². The lowest BCUT2D eigenvalue weighted by Crippen LogP contribution is -2.22. The number of carbonyl (C=O) groups is 1. The fraction of sp³-hybridized carbons (Fsp3) is 0.0690. The molecule has 0 bridgehead atoms. The summed E-state index contributed by atoms with van der Waals surface area (Å²) in [5.74, 6) is -0.406. The average Bonchev–Trinajstić information content (AvgIpc) is 2.90. The summed E-state index contributed by atoms with van der Waals surface area (Å²) in [6.45, 7) is 3.99. The third-order valence-electron chi connectivity index (χ3n) is 5.82. The Kier molecular flexibility index (Phi) is 6.18. The summed E-state index contributed by atoms with van der Waals surface area (Å²) in [5.41, 5.74) is 7.08. The largest absolute Gasteiger partial charge is 0.490 e. The Bertz CT molecular complexity index is 1680. The molecule has 8 heteroatoms. The van der Waals surface area contributed by atoms with E-state index in [1.807, 2.05) is 18.2 Å².